The molecule has 0 radical (unpaired) electrons. The molecular weight excluding hydrogens is 419 g/mol. The maximum absolute atomic E-state index is 12.8. The molecule has 0 aliphatic heterocycles. The predicted molar refractivity (Wildman–Crippen MR) is 94.4 cm³/mol. The van der Waals surface area contributed by atoms with Gasteiger partial charge >= 0.3 is 17.8 Å². The summed E-state index contributed by atoms with van der Waals surface area (Å²) in [6.07, 6.45) is -3.30. The molecule has 0 amide bonds. The van der Waals surface area contributed by atoms with Crippen LogP contribution in [0.4, 0.5) is 19.0 Å². The van der Waals surface area contributed by atoms with E-state index in [-0.39, 0.29) is 12.4 Å². The molecule has 0 aliphatic carbocycles. The highest BCUT2D eigenvalue weighted by molar-refractivity contribution is 6.33. The fraction of sp³-hybridized carbons (Fsp3) is 0.312. The van der Waals surface area contributed by atoms with Gasteiger partial charge in [-0.2, -0.15) is 18.4 Å². The molecule has 2 aromatic heterocycles. The lowest BCUT2D eigenvalue weighted by Gasteiger charge is -2.22. The minimum absolute atomic E-state index is 0.00466. The van der Waals surface area contributed by atoms with Crippen molar-refractivity contribution in [1.29, 1.82) is 5.26 Å². The van der Waals surface area contributed by atoms with Crippen molar-refractivity contribution < 1.29 is 22.7 Å². The number of carbonyl (C=O) groups is 1. The third-order valence-electron chi connectivity index (χ3n) is 3.65. The Hall–Kier alpha value is -3.33. The molecule has 0 spiro atoms. The van der Waals surface area contributed by atoms with Crippen LogP contribution in [0.2, 0.25) is 5.02 Å². The summed E-state index contributed by atoms with van der Waals surface area (Å²) < 4.78 is 44.2. The van der Waals surface area contributed by atoms with Crippen LogP contribution in [0.15, 0.2) is 28.0 Å². The van der Waals surface area contributed by atoms with Gasteiger partial charge < -0.3 is 4.74 Å². The number of esters is 1. The van der Waals surface area contributed by atoms with Crippen molar-refractivity contribution in [2.45, 2.75) is 19.6 Å². The normalized spacial score (nSPS) is 11.1. The van der Waals surface area contributed by atoms with Gasteiger partial charge in [0.2, 0.25) is 0 Å². The maximum atomic E-state index is 12.8. The molecule has 0 bridgehead atoms. The van der Waals surface area contributed by atoms with E-state index in [4.69, 9.17) is 21.6 Å². The Bertz CT molecular complexity index is 1100. The Morgan fingerprint density at radius 2 is 2.07 bits per heavy atom. The van der Waals surface area contributed by atoms with E-state index in [0.717, 1.165) is 15.9 Å². The zero-order chi connectivity index (χ0) is 21.9. The Morgan fingerprint density at radius 3 is 2.59 bits per heavy atom. The van der Waals surface area contributed by atoms with Crippen molar-refractivity contribution in [2.24, 2.45) is 0 Å². The third kappa shape index (κ3) is 4.57. The summed E-state index contributed by atoms with van der Waals surface area (Å²) in [5.41, 5.74) is -3.68. The van der Waals surface area contributed by atoms with Gasteiger partial charge in [-0.3, -0.25) is 14.6 Å². The summed E-state index contributed by atoms with van der Waals surface area (Å²) in [5.74, 6) is -1.14. The second kappa shape index (κ2) is 8.36. The first-order valence-electron chi connectivity index (χ1n) is 7.90. The summed E-state index contributed by atoms with van der Waals surface area (Å²) in [5, 5.41) is 9.65. The molecule has 0 fully saturated rings. The summed E-state index contributed by atoms with van der Waals surface area (Å²) in [6, 6.07) is 2.20. The van der Waals surface area contributed by atoms with Gasteiger partial charge in [-0.15, -0.1) is 0 Å². The standard InChI is InChI=1S/C16H13ClF3N5O4/c1-3-29-12(26)8-24-14(27)9(5-21)7-25(15(24)28)23(2)13-11(17)4-10(6-22-13)16(18,19)20/h4,6-7H,3,8H2,1-2H3. The zero-order valence-corrected chi connectivity index (χ0v) is 15.8. The van der Waals surface area contributed by atoms with E-state index >= 15 is 0 Å². The summed E-state index contributed by atoms with van der Waals surface area (Å²) in [4.78, 5) is 40.2. The van der Waals surface area contributed by atoms with Crippen LogP contribution in [0, 0.1) is 11.3 Å². The Morgan fingerprint density at radius 1 is 1.41 bits per heavy atom. The number of hydrogen-bond donors (Lipinski definition) is 0. The number of alkyl halides is 3. The lowest BCUT2D eigenvalue weighted by molar-refractivity contribution is -0.144. The monoisotopic (exact) mass is 431 g/mol. The van der Waals surface area contributed by atoms with Crippen LogP contribution >= 0.6 is 11.6 Å². The first-order valence-corrected chi connectivity index (χ1v) is 8.28. The summed E-state index contributed by atoms with van der Waals surface area (Å²) in [7, 11) is 1.23. The second-order valence-corrected chi connectivity index (χ2v) is 5.94. The number of pyridine rings is 1. The molecule has 2 rings (SSSR count). The maximum Gasteiger partial charge on any atom is 0.417 e. The van der Waals surface area contributed by atoms with Crippen LogP contribution < -0.4 is 16.3 Å². The average Bonchev–Trinajstić information content (AvgIpc) is 2.64. The number of nitriles is 1. The summed E-state index contributed by atoms with van der Waals surface area (Å²) >= 11 is 5.88. The van der Waals surface area contributed by atoms with E-state index in [2.05, 4.69) is 4.98 Å². The number of ether oxygens (including phenoxy) is 1. The Kier molecular flexibility index (Phi) is 6.33. The van der Waals surface area contributed by atoms with Gasteiger partial charge in [0.1, 0.15) is 18.2 Å². The van der Waals surface area contributed by atoms with Crippen molar-refractivity contribution in [3.63, 3.8) is 0 Å². The molecule has 29 heavy (non-hydrogen) atoms. The van der Waals surface area contributed by atoms with Crippen molar-refractivity contribution in [3.05, 3.63) is 55.4 Å². The highest BCUT2D eigenvalue weighted by Crippen LogP contribution is 2.33. The number of carbonyl (C=O) groups excluding carboxylic acids is 1. The lowest BCUT2D eigenvalue weighted by Crippen LogP contribution is -2.48. The topological polar surface area (TPSA) is 110 Å². The van der Waals surface area contributed by atoms with Crippen LogP contribution in [-0.4, -0.2) is 33.9 Å². The number of nitrogens with zero attached hydrogens (tertiary/aromatic N) is 5. The molecule has 0 saturated heterocycles. The van der Waals surface area contributed by atoms with Crippen molar-refractivity contribution in [3.8, 4) is 6.07 Å². The van der Waals surface area contributed by atoms with Gasteiger partial charge in [0.25, 0.3) is 5.56 Å². The molecule has 2 heterocycles. The van der Waals surface area contributed by atoms with Crippen molar-refractivity contribution >= 4 is 23.4 Å². The van der Waals surface area contributed by atoms with E-state index in [1.165, 1.54) is 14.0 Å². The molecule has 0 saturated carbocycles. The summed E-state index contributed by atoms with van der Waals surface area (Å²) in [6.45, 7) is 0.768. The molecule has 0 N–H and O–H groups in total. The van der Waals surface area contributed by atoms with Crippen LogP contribution in [0.1, 0.15) is 18.1 Å². The Balaban J connectivity index is 2.60. The largest absolute Gasteiger partial charge is 0.465 e. The molecule has 2 aromatic rings. The van der Waals surface area contributed by atoms with Crippen molar-refractivity contribution in [2.75, 3.05) is 18.7 Å². The van der Waals surface area contributed by atoms with E-state index < -0.39 is 46.1 Å². The van der Waals surface area contributed by atoms with Gasteiger partial charge in [-0.25, -0.2) is 19.0 Å². The molecule has 0 aliphatic rings. The number of halogens is 4. The van der Waals surface area contributed by atoms with Gasteiger partial charge in [0.15, 0.2) is 5.82 Å². The molecule has 0 aromatic carbocycles. The average molecular weight is 432 g/mol. The van der Waals surface area contributed by atoms with Crippen LogP contribution in [-0.2, 0) is 22.3 Å². The minimum Gasteiger partial charge on any atom is -0.465 e. The number of hydrogen-bond acceptors (Lipinski definition) is 7. The van der Waals surface area contributed by atoms with Crippen LogP contribution in [0.5, 0.6) is 0 Å². The van der Waals surface area contributed by atoms with Crippen molar-refractivity contribution in [1.82, 2.24) is 14.2 Å². The highest BCUT2D eigenvalue weighted by Gasteiger charge is 2.32. The molecular formula is C16H13ClF3N5O4. The smallest absolute Gasteiger partial charge is 0.417 e. The van der Waals surface area contributed by atoms with Gasteiger partial charge in [-0.05, 0) is 13.0 Å². The molecule has 9 nitrogen and oxygen atoms in total. The molecule has 13 heteroatoms. The fourth-order valence-corrected chi connectivity index (χ4v) is 2.57. The number of aromatic nitrogens is 3. The second-order valence-electron chi connectivity index (χ2n) is 5.53. The highest BCUT2D eigenvalue weighted by atomic mass is 35.5. The lowest BCUT2D eigenvalue weighted by atomic mass is 10.3. The van der Waals surface area contributed by atoms with E-state index in [1.54, 1.807) is 6.07 Å². The SMILES string of the molecule is CCOC(=O)Cn1c(=O)c(C#N)cn(N(C)c2ncc(C(F)(F)F)cc2Cl)c1=O. The molecule has 0 unspecified atom stereocenters. The van der Waals surface area contributed by atoms with Gasteiger partial charge in [-0.1, -0.05) is 11.6 Å². The van der Waals surface area contributed by atoms with Gasteiger partial charge in [0, 0.05) is 13.2 Å². The van der Waals surface area contributed by atoms with Crippen LogP contribution in [0.3, 0.4) is 0 Å². The quantitative estimate of drug-likeness (QED) is 0.658. The predicted octanol–water partition coefficient (Wildman–Crippen LogP) is 1.41. The Labute approximate surface area is 166 Å². The van der Waals surface area contributed by atoms with Crippen LogP contribution in [0.25, 0.3) is 0 Å². The minimum atomic E-state index is -4.68. The number of rotatable bonds is 5. The number of anilines is 1. The molecule has 154 valence electrons. The third-order valence-corrected chi connectivity index (χ3v) is 3.92. The first-order chi connectivity index (χ1) is 13.5. The molecule has 0 atom stereocenters. The zero-order valence-electron chi connectivity index (χ0n) is 15.0. The van der Waals surface area contributed by atoms with E-state index in [1.807, 2.05) is 0 Å². The fourth-order valence-electron chi connectivity index (χ4n) is 2.28. The van der Waals surface area contributed by atoms with E-state index in [0.29, 0.717) is 16.8 Å². The van der Waals surface area contributed by atoms with Gasteiger partial charge in [0.05, 0.1) is 23.4 Å². The van der Waals surface area contributed by atoms with E-state index in [9.17, 15) is 27.6 Å². The first kappa shape index (κ1) is 22.0.